The molecule has 1 aromatic carbocycles. The van der Waals surface area contributed by atoms with Crippen LogP contribution in [0.4, 0.5) is 13.2 Å². The van der Waals surface area contributed by atoms with E-state index >= 15 is 0 Å². The number of hydrogen-bond acceptors (Lipinski definition) is 6. The van der Waals surface area contributed by atoms with E-state index in [4.69, 9.17) is 14.2 Å². The second-order valence-corrected chi connectivity index (χ2v) is 9.35. The zero-order chi connectivity index (χ0) is 25.9. The van der Waals surface area contributed by atoms with Gasteiger partial charge in [0.25, 0.3) is 0 Å². The largest absolute Gasteiger partial charge is 0.489 e. The third-order valence-corrected chi connectivity index (χ3v) is 6.01. The van der Waals surface area contributed by atoms with Gasteiger partial charge in [-0.2, -0.15) is 13.2 Å². The van der Waals surface area contributed by atoms with E-state index < -0.39 is 29.7 Å². The summed E-state index contributed by atoms with van der Waals surface area (Å²) in [6.45, 7) is 5.58. The van der Waals surface area contributed by atoms with E-state index in [0.717, 1.165) is 30.2 Å². The lowest BCUT2D eigenvalue weighted by Crippen LogP contribution is -2.40. The molecule has 0 bridgehead atoms. The molecule has 0 saturated carbocycles. The van der Waals surface area contributed by atoms with E-state index in [2.05, 4.69) is 9.88 Å². The number of aromatic nitrogens is 1. The van der Waals surface area contributed by atoms with Crippen molar-refractivity contribution < 1.29 is 37.3 Å². The van der Waals surface area contributed by atoms with Crippen molar-refractivity contribution in [2.75, 3.05) is 26.2 Å². The van der Waals surface area contributed by atoms with E-state index in [1.807, 2.05) is 12.1 Å². The number of piperidine rings is 1. The van der Waals surface area contributed by atoms with Crippen LogP contribution in [0.2, 0.25) is 0 Å². The molecule has 1 N–H and O–H groups in total. The highest BCUT2D eigenvalue weighted by atomic mass is 35.5. The van der Waals surface area contributed by atoms with Crippen LogP contribution in [0, 0.1) is 5.92 Å². The van der Waals surface area contributed by atoms with Crippen LogP contribution in [-0.4, -0.2) is 53.3 Å². The first-order valence-electron chi connectivity index (χ1n) is 11.9. The predicted octanol–water partition coefficient (Wildman–Crippen LogP) is 6.10. The highest BCUT2D eigenvalue weighted by Gasteiger charge is 2.36. The molecule has 0 spiro atoms. The van der Waals surface area contributed by atoms with Gasteiger partial charge in [0.15, 0.2) is 0 Å². The Balaban J connectivity index is 0.00000253. The summed E-state index contributed by atoms with van der Waals surface area (Å²) in [6.07, 6.45) is -0.134. The number of aliphatic carboxylic acids is 1. The molecular weight excluding hydrogens is 525 g/mol. The lowest BCUT2D eigenvalue weighted by molar-refractivity contribution is -0.143. The third-order valence-electron chi connectivity index (χ3n) is 6.01. The Morgan fingerprint density at radius 3 is 2.74 bits per heavy atom. The summed E-state index contributed by atoms with van der Waals surface area (Å²) in [5.74, 6) is -0.460. The van der Waals surface area contributed by atoms with Crippen molar-refractivity contribution in [2.24, 2.45) is 5.92 Å². The van der Waals surface area contributed by atoms with Crippen molar-refractivity contribution in [1.29, 1.82) is 0 Å². The van der Waals surface area contributed by atoms with Gasteiger partial charge >= 0.3 is 12.1 Å². The summed E-state index contributed by atoms with van der Waals surface area (Å²) < 4.78 is 57.2. The van der Waals surface area contributed by atoms with Gasteiger partial charge in [-0.3, -0.25) is 9.69 Å². The molecule has 0 unspecified atom stereocenters. The van der Waals surface area contributed by atoms with Gasteiger partial charge in [0.05, 0.1) is 12.0 Å². The van der Waals surface area contributed by atoms with Gasteiger partial charge in [0.2, 0.25) is 5.88 Å². The molecule has 1 atom stereocenters. The summed E-state index contributed by atoms with van der Waals surface area (Å²) in [7, 11) is 0. The average molecular weight is 559 g/mol. The Kier molecular flexibility index (Phi) is 10.8. The smallest absolute Gasteiger partial charge is 0.421 e. The van der Waals surface area contributed by atoms with Gasteiger partial charge in [-0.1, -0.05) is 7.43 Å². The van der Waals surface area contributed by atoms with Crippen LogP contribution in [0.15, 0.2) is 36.0 Å². The normalized spacial score (nSPS) is 17.3. The number of hydrogen-bond donors (Lipinski definition) is 1. The van der Waals surface area contributed by atoms with Crippen molar-refractivity contribution in [3.05, 3.63) is 52.7 Å². The average Bonchev–Trinajstić information content (AvgIpc) is 2.82. The third kappa shape index (κ3) is 8.01. The molecule has 0 aliphatic carbocycles. The number of halogens is 4. The quantitative estimate of drug-likeness (QED) is 0.419. The van der Waals surface area contributed by atoms with Gasteiger partial charge in [-0.25, -0.2) is 4.98 Å². The molecule has 2 aliphatic heterocycles. The van der Waals surface area contributed by atoms with Crippen LogP contribution < -0.4 is 14.2 Å². The maximum Gasteiger partial charge on any atom is 0.421 e. The fourth-order valence-corrected chi connectivity index (χ4v) is 4.32. The second kappa shape index (κ2) is 13.2. The molecule has 1 fully saturated rings. The van der Waals surface area contributed by atoms with Crippen LogP contribution in [0.1, 0.15) is 50.8 Å². The van der Waals surface area contributed by atoms with Gasteiger partial charge in [0.1, 0.15) is 30.3 Å². The fourth-order valence-electron chi connectivity index (χ4n) is 4.32. The number of pyridine rings is 1. The molecule has 2 aliphatic rings. The monoisotopic (exact) mass is 558 g/mol. The molecule has 0 amide bonds. The SMILES string of the molecule is C.CC(C)Oc1ncc(COc2ccc3c(c2)OCC(CN2CCC[C@@H](C(=O)O)C2)=C3)cc1C(F)(F)F.Cl. The predicted molar refractivity (Wildman–Crippen MR) is 140 cm³/mol. The topological polar surface area (TPSA) is 81.1 Å². The zero-order valence-corrected chi connectivity index (χ0v) is 21.4. The summed E-state index contributed by atoms with van der Waals surface area (Å²) in [6, 6.07) is 6.26. The minimum atomic E-state index is -4.60. The highest BCUT2D eigenvalue weighted by Crippen LogP contribution is 2.36. The molecule has 38 heavy (non-hydrogen) atoms. The maximum atomic E-state index is 13.5. The van der Waals surface area contributed by atoms with Crippen LogP contribution in [0.5, 0.6) is 17.4 Å². The van der Waals surface area contributed by atoms with Crippen molar-refractivity contribution in [1.82, 2.24) is 9.88 Å². The first-order chi connectivity index (χ1) is 17.1. The number of carbonyl (C=O) groups is 1. The Morgan fingerprint density at radius 1 is 1.29 bits per heavy atom. The van der Waals surface area contributed by atoms with Gasteiger partial charge < -0.3 is 19.3 Å². The number of fused-ring (bicyclic) bond motifs is 1. The van der Waals surface area contributed by atoms with E-state index in [1.165, 1.54) is 6.20 Å². The Hall–Kier alpha value is -2.98. The Bertz CT molecular complexity index is 1140. The Morgan fingerprint density at radius 2 is 2.05 bits per heavy atom. The number of nitrogens with zero attached hydrogens (tertiary/aromatic N) is 2. The number of carboxylic acids is 1. The first-order valence-corrected chi connectivity index (χ1v) is 11.9. The molecule has 1 aromatic heterocycles. The molecule has 2 aromatic rings. The second-order valence-electron chi connectivity index (χ2n) is 9.35. The van der Waals surface area contributed by atoms with E-state index in [0.29, 0.717) is 37.6 Å². The summed E-state index contributed by atoms with van der Waals surface area (Å²) in [5, 5.41) is 9.29. The van der Waals surface area contributed by atoms with Crippen molar-refractivity contribution in [3.8, 4) is 17.4 Å². The zero-order valence-electron chi connectivity index (χ0n) is 20.6. The molecule has 210 valence electrons. The highest BCUT2D eigenvalue weighted by molar-refractivity contribution is 5.85. The summed E-state index contributed by atoms with van der Waals surface area (Å²) >= 11 is 0. The minimum Gasteiger partial charge on any atom is -0.489 e. The molecule has 7 nitrogen and oxygen atoms in total. The van der Waals surface area contributed by atoms with E-state index in [9.17, 15) is 23.1 Å². The fraction of sp³-hybridized carbons (Fsp3) is 0.481. The molecule has 4 rings (SSSR count). The van der Waals surface area contributed by atoms with Gasteiger partial charge in [0, 0.05) is 36.5 Å². The van der Waals surface area contributed by atoms with E-state index in [1.54, 1.807) is 26.0 Å². The standard InChI is InChI=1S/C26H29F3N2O5.CH4.ClH/c1-16(2)36-24-22(26(27,28)29)9-17(11-30-24)14-34-21-6-5-19-8-18(15-35-23(19)10-21)12-31-7-3-4-20(13-31)25(32)33;;/h5-6,8-11,16,20H,3-4,7,12-15H2,1-2H3,(H,32,33);1H4;1H/t20-;;/m1../s1. The lowest BCUT2D eigenvalue weighted by Gasteiger charge is -2.32. The van der Waals surface area contributed by atoms with Crippen LogP contribution in [0.3, 0.4) is 0 Å². The van der Waals surface area contributed by atoms with Gasteiger partial charge in [-0.15, -0.1) is 12.4 Å². The number of benzene rings is 1. The number of alkyl halides is 3. The van der Waals surface area contributed by atoms with Crippen molar-refractivity contribution in [3.63, 3.8) is 0 Å². The van der Waals surface area contributed by atoms with E-state index in [-0.39, 0.29) is 37.9 Å². The molecule has 3 heterocycles. The molecule has 0 radical (unpaired) electrons. The van der Waals surface area contributed by atoms with Crippen LogP contribution >= 0.6 is 12.4 Å². The number of carboxylic acid groups (broad SMARTS) is 1. The molecule has 11 heteroatoms. The lowest BCUT2D eigenvalue weighted by atomic mass is 9.97. The first kappa shape index (κ1) is 31.2. The summed E-state index contributed by atoms with van der Waals surface area (Å²) in [4.78, 5) is 17.3. The van der Waals surface area contributed by atoms with Gasteiger partial charge in [-0.05, 0) is 63.1 Å². The number of likely N-dealkylation sites (tertiary alicyclic amines) is 1. The maximum absolute atomic E-state index is 13.5. The molecular formula is C27H34ClF3N2O5. The summed E-state index contributed by atoms with van der Waals surface area (Å²) in [5.41, 5.74) is 1.25. The van der Waals surface area contributed by atoms with Crippen LogP contribution in [0.25, 0.3) is 6.08 Å². The van der Waals surface area contributed by atoms with Crippen LogP contribution in [-0.2, 0) is 17.6 Å². The van der Waals surface area contributed by atoms with Crippen molar-refractivity contribution >= 4 is 24.5 Å². The molecule has 1 saturated heterocycles. The Labute approximate surface area is 227 Å². The number of ether oxygens (including phenoxy) is 3. The van der Waals surface area contributed by atoms with Crippen molar-refractivity contribution in [2.45, 2.75) is 53.0 Å². The number of rotatable bonds is 8. The minimum absolute atomic E-state index is 0.